The Bertz CT molecular complexity index is 385. The number of anilines is 2. The third kappa shape index (κ3) is 4.04. The second-order valence-corrected chi connectivity index (χ2v) is 5.00. The van der Waals surface area contributed by atoms with E-state index in [1.807, 2.05) is 62.0 Å². The van der Waals surface area contributed by atoms with Gasteiger partial charge < -0.3 is 15.5 Å². The number of amides is 1. The van der Waals surface area contributed by atoms with Crippen LogP contribution in [0.15, 0.2) is 24.3 Å². The first kappa shape index (κ1) is 14.5. The maximum absolute atomic E-state index is 12.2. The van der Waals surface area contributed by atoms with E-state index >= 15 is 0 Å². The maximum atomic E-state index is 12.2. The Morgan fingerprint density at radius 3 is 2.22 bits per heavy atom. The number of nitrogens with two attached hydrogens (primary N) is 1. The predicted molar refractivity (Wildman–Crippen MR) is 76.6 cm³/mol. The van der Waals surface area contributed by atoms with Crippen molar-refractivity contribution in [3.63, 3.8) is 0 Å². The Kier molecular flexibility index (Phi) is 5.16. The standard InChI is InChI=1S/C14H23N3O/c1-11(2)17(14(18)9-10-16(3)4)13-7-5-12(15)6-8-13/h5-8,11H,9-10,15H2,1-4H3. The number of carbonyl (C=O) groups is 1. The van der Waals surface area contributed by atoms with E-state index in [1.54, 1.807) is 0 Å². The van der Waals surface area contributed by atoms with Gasteiger partial charge in [0, 0.05) is 30.4 Å². The second kappa shape index (κ2) is 6.40. The number of nitrogens with zero attached hydrogens (tertiary/aromatic N) is 2. The summed E-state index contributed by atoms with van der Waals surface area (Å²) in [5.74, 6) is 0.142. The van der Waals surface area contributed by atoms with Gasteiger partial charge >= 0.3 is 0 Å². The van der Waals surface area contributed by atoms with Gasteiger partial charge in [0.25, 0.3) is 0 Å². The van der Waals surface area contributed by atoms with E-state index in [4.69, 9.17) is 5.73 Å². The molecule has 0 saturated carbocycles. The normalized spacial score (nSPS) is 11.0. The van der Waals surface area contributed by atoms with Crippen molar-refractivity contribution in [1.29, 1.82) is 0 Å². The van der Waals surface area contributed by atoms with Gasteiger partial charge in [-0.15, -0.1) is 0 Å². The molecule has 1 aromatic rings. The van der Waals surface area contributed by atoms with Crippen molar-refractivity contribution in [1.82, 2.24) is 4.90 Å². The Labute approximate surface area is 109 Å². The van der Waals surface area contributed by atoms with Crippen LogP contribution in [0.3, 0.4) is 0 Å². The maximum Gasteiger partial charge on any atom is 0.228 e. The lowest BCUT2D eigenvalue weighted by Crippen LogP contribution is -2.38. The van der Waals surface area contributed by atoms with Crippen molar-refractivity contribution in [2.45, 2.75) is 26.3 Å². The number of hydrogen-bond donors (Lipinski definition) is 1. The molecular formula is C14H23N3O. The fourth-order valence-electron chi connectivity index (χ4n) is 1.80. The first-order chi connectivity index (χ1) is 8.41. The van der Waals surface area contributed by atoms with Crippen LogP contribution < -0.4 is 10.6 Å². The van der Waals surface area contributed by atoms with Gasteiger partial charge in [-0.1, -0.05) is 0 Å². The third-order valence-electron chi connectivity index (χ3n) is 2.73. The Morgan fingerprint density at radius 1 is 1.22 bits per heavy atom. The SMILES string of the molecule is CC(C)N(C(=O)CCN(C)C)c1ccc(N)cc1. The molecule has 0 aromatic heterocycles. The summed E-state index contributed by atoms with van der Waals surface area (Å²) in [6.45, 7) is 4.80. The van der Waals surface area contributed by atoms with Crippen molar-refractivity contribution in [2.75, 3.05) is 31.3 Å². The van der Waals surface area contributed by atoms with Crippen LogP contribution in [0.4, 0.5) is 11.4 Å². The van der Waals surface area contributed by atoms with Crippen molar-refractivity contribution in [3.8, 4) is 0 Å². The second-order valence-electron chi connectivity index (χ2n) is 5.00. The highest BCUT2D eigenvalue weighted by molar-refractivity contribution is 5.94. The zero-order valence-corrected chi connectivity index (χ0v) is 11.7. The van der Waals surface area contributed by atoms with Gasteiger partial charge in [0.1, 0.15) is 0 Å². The summed E-state index contributed by atoms with van der Waals surface area (Å²) in [5.41, 5.74) is 7.28. The molecule has 0 bridgehead atoms. The Balaban J connectivity index is 2.82. The molecule has 0 radical (unpaired) electrons. The fourth-order valence-corrected chi connectivity index (χ4v) is 1.80. The van der Waals surface area contributed by atoms with Gasteiger partial charge in [0.2, 0.25) is 5.91 Å². The largest absolute Gasteiger partial charge is 0.399 e. The molecule has 0 atom stereocenters. The van der Waals surface area contributed by atoms with E-state index in [0.29, 0.717) is 12.1 Å². The van der Waals surface area contributed by atoms with E-state index in [0.717, 1.165) is 12.2 Å². The van der Waals surface area contributed by atoms with Crippen molar-refractivity contribution in [2.24, 2.45) is 0 Å². The molecule has 4 heteroatoms. The topological polar surface area (TPSA) is 49.6 Å². The molecule has 0 fully saturated rings. The lowest BCUT2D eigenvalue weighted by atomic mass is 10.2. The quantitative estimate of drug-likeness (QED) is 0.812. The average molecular weight is 249 g/mol. The zero-order valence-electron chi connectivity index (χ0n) is 11.7. The molecule has 2 N–H and O–H groups in total. The highest BCUT2D eigenvalue weighted by Crippen LogP contribution is 2.19. The lowest BCUT2D eigenvalue weighted by Gasteiger charge is -2.27. The average Bonchev–Trinajstić information content (AvgIpc) is 2.29. The molecule has 1 amide bonds. The summed E-state index contributed by atoms with van der Waals surface area (Å²) >= 11 is 0. The van der Waals surface area contributed by atoms with E-state index < -0.39 is 0 Å². The fraction of sp³-hybridized carbons (Fsp3) is 0.500. The summed E-state index contributed by atoms with van der Waals surface area (Å²) in [7, 11) is 3.94. The molecule has 4 nitrogen and oxygen atoms in total. The Morgan fingerprint density at radius 2 is 1.78 bits per heavy atom. The van der Waals surface area contributed by atoms with Gasteiger partial charge in [-0.2, -0.15) is 0 Å². The molecule has 100 valence electrons. The van der Waals surface area contributed by atoms with Crippen LogP contribution in [-0.4, -0.2) is 37.5 Å². The molecular weight excluding hydrogens is 226 g/mol. The van der Waals surface area contributed by atoms with E-state index in [1.165, 1.54) is 0 Å². The molecule has 1 aromatic carbocycles. The minimum Gasteiger partial charge on any atom is -0.399 e. The summed E-state index contributed by atoms with van der Waals surface area (Å²) in [6, 6.07) is 7.57. The van der Waals surface area contributed by atoms with E-state index in [2.05, 4.69) is 0 Å². The zero-order chi connectivity index (χ0) is 13.7. The molecule has 0 heterocycles. The van der Waals surface area contributed by atoms with Gasteiger partial charge in [0.15, 0.2) is 0 Å². The minimum atomic E-state index is 0.142. The molecule has 1 rings (SSSR count). The van der Waals surface area contributed by atoms with Gasteiger partial charge in [-0.05, 0) is 52.2 Å². The highest BCUT2D eigenvalue weighted by atomic mass is 16.2. The van der Waals surface area contributed by atoms with Crippen LogP contribution >= 0.6 is 0 Å². The van der Waals surface area contributed by atoms with Crippen molar-refractivity contribution in [3.05, 3.63) is 24.3 Å². The Hall–Kier alpha value is -1.55. The summed E-state index contributed by atoms with van der Waals surface area (Å²) in [4.78, 5) is 16.1. The number of benzene rings is 1. The van der Waals surface area contributed by atoms with E-state index in [-0.39, 0.29) is 11.9 Å². The van der Waals surface area contributed by atoms with Crippen LogP contribution in [0.25, 0.3) is 0 Å². The van der Waals surface area contributed by atoms with Crippen LogP contribution in [0.2, 0.25) is 0 Å². The van der Waals surface area contributed by atoms with Gasteiger partial charge in [0.05, 0.1) is 0 Å². The van der Waals surface area contributed by atoms with E-state index in [9.17, 15) is 4.79 Å². The predicted octanol–water partition coefficient (Wildman–Crippen LogP) is 1.96. The first-order valence-corrected chi connectivity index (χ1v) is 6.24. The molecule has 0 aliphatic rings. The number of rotatable bonds is 5. The number of hydrogen-bond acceptors (Lipinski definition) is 3. The highest BCUT2D eigenvalue weighted by Gasteiger charge is 2.18. The third-order valence-corrected chi connectivity index (χ3v) is 2.73. The molecule has 0 spiro atoms. The molecule has 0 saturated heterocycles. The van der Waals surface area contributed by atoms with Crippen LogP contribution in [-0.2, 0) is 4.79 Å². The first-order valence-electron chi connectivity index (χ1n) is 6.24. The van der Waals surface area contributed by atoms with Crippen LogP contribution in [0, 0.1) is 0 Å². The monoisotopic (exact) mass is 249 g/mol. The molecule has 0 aliphatic heterocycles. The minimum absolute atomic E-state index is 0.142. The molecule has 0 unspecified atom stereocenters. The smallest absolute Gasteiger partial charge is 0.228 e. The van der Waals surface area contributed by atoms with Crippen LogP contribution in [0.1, 0.15) is 20.3 Å². The lowest BCUT2D eigenvalue weighted by molar-refractivity contribution is -0.119. The van der Waals surface area contributed by atoms with Crippen LogP contribution in [0.5, 0.6) is 0 Å². The van der Waals surface area contributed by atoms with Crippen molar-refractivity contribution >= 4 is 17.3 Å². The summed E-state index contributed by atoms with van der Waals surface area (Å²) in [5, 5.41) is 0. The summed E-state index contributed by atoms with van der Waals surface area (Å²) in [6.07, 6.45) is 0.523. The number of carbonyl (C=O) groups excluding carboxylic acids is 1. The summed E-state index contributed by atoms with van der Waals surface area (Å²) < 4.78 is 0. The van der Waals surface area contributed by atoms with Gasteiger partial charge in [-0.3, -0.25) is 4.79 Å². The molecule has 0 aliphatic carbocycles. The van der Waals surface area contributed by atoms with Crippen molar-refractivity contribution < 1.29 is 4.79 Å². The number of nitrogen functional groups attached to an aromatic ring is 1. The molecule has 18 heavy (non-hydrogen) atoms. The van der Waals surface area contributed by atoms with Gasteiger partial charge in [-0.25, -0.2) is 0 Å².